The largest absolute Gasteiger partial charge is 0.377 e. The number of hydrogen-bond acceptors (Lipinski definition) is 9. The Bertz CT molecular complexity index is 1600. The number of rotatable bonds is 7. The van der Waals surface area contributed by atoms with Crippen LogP contribution in [0, 0.1) is 5.82 Å². The monoisotopic (exact) mass is 565 g/mol. The molecule has 2 saturated heterocycles. The minimum atomic E-state index is -2.97. The molecule has 0 N–H and O–H groups in total. The zero-order chi connectivity index (χ0) is 27.7. The molecule has 6 rings (SSSR count). The van der Waals surface area contributed by atoms with Crippen LogP contribution in [-0.2, 0) is 14.6 Å². The van der Waals surface area contributed by atoms with E-state index in [1.54, 1.807) is 18.3 Å². The second-order valence-corrected chi connectivity index (χ2v) is 12.5. The number of sulfone groups is 1. The first-order chi connectivity index (χ1) is 19.3. The molecular weight excluding hydrogens is 533 g/mol. The molecule has 0 amide bonds. The van der Waals surface area contributed by atoms with Crippen molar-refractivity contribution in [1.82, 2.24) is 24.5 Å². The fourth-order valence-electron chi connectivity index (χ4n) is 5.30. The zero-order valence-electron chi connectivity index (χ0n) is 22.4. The fraction of sp³-hybridized carbons (Fsp3) is 0.393. The number of hydrogen-bond donors (Lipinski definition) is 0. The van der Waals surface area contributed by atoms with Crippen molar-refractivity contribution >= 4 is 27.1 Å². The van der Waals surface area contributed by atoms with E-state index in [1.807, 2.05) is 40.9 Å². The number of morpholine rings is 1. The Morgan fingerprint density at radius 2 is 1.82 bits per heavy atom. The number of nitrogens with zero attached hydrogens (tertiary/aromatic N) is 7. The van der Waals surface area contributed by atoms with Gasteiger partial charge >= 0.3 is 0 Å². The van der Waals surface area contributed by atoms with Crippen LogP contribution in [0.1, 0.15) is 11.6 Å². The lowest BCUT2D eigenvalue weighted by atomic mass is 10.0. The third-order valence-corrected chi connectivity index (χ3v) is 8.40. The maximum atomic E-state index is 14.0. The smallest absolute Gasteiger partial charge is 0.154 e. The highest BCUT2D eigenvalue weighted by Crippen LogP contribution is 2.30. The van der Waals surface area contributed by atoms with Crippen molar-refractivity contribution in [3.05, 3.63) is 72.2 Å². The molecule has 1 aromatic carbocycles. The summed E-state index contributed by atoms with van der Waals surface area (Å²) < 4.78 is 44.6. The van der Waals surface area contributed by atoms with Gasteiger partial charge in [0.25, 0.3) is 0 Å². The molecule has 4 aromatic rings. The van der Waals surface area contributed by atoms with Crippen LogP contribution in [0.2, 0.25) is 0 Å². The van der Waals surface area contributed by atoms with Crippen LogP contribution in [0.25, 0.3) is 17.0 Å². The highest BCUT2D eigenvalue weighted by Gasteiger charge is 2.27. The van der Waals surface area contributed by atoms with Crippen molar-refractivity contribution in [2.45, 2.75) is 6.04 Å². The molecule has 5 heterocycles. The molecule has 2 aliphatic rings. The van der Waals surface area contributed by atoms with Gasteiger partial charge in [-0.05, 0) is 42.0 Å². The molecular formula is C28H32FN7O3S. The minimum Gasteiger partial charge on any atom is -0.377 e. The zero-order valence-corrected chi connectivity index (χ0v) is 23.2. The Morgan fingerprint density at radius 1 is 1.00 bits per heavy atom. The third kappa shape index (κ3) is 5.79. The van der Waals surface area contributed by atoms with Gasteiger partial charge in [0.1, 0.15) is 33.0 Å². The Morgan fingerprint density at radius 3 is 2.62 bits per heavy atom. The average Bonchev–Trinajstić information content (AvgIpc) is 3.39. The topological polar surface area (TPSA) is 96.2 Å². The van der Waals surface area contributed by atoms with Gasteiger partial charge in [-0.1, -0.05) is 18.2 Å². The third-order valence-electron chi connectivity index (χ3n) is 7.48. The van der Waals surface area contributed by atoms with Crippen molar-refractivity contribution in [3.8, 4) is 11.4 Å². The van der Waals surface area contributed by atoms with Gasteiger partial charge in [-0.25, -0.2) is 27.3 Å². The highest BCUT2D eigenvalue weighted by atomic mass is 32.2. The highest BCUT2D eigenvalue weighted by molar-refractivity contribution is 7.90. The predicted molar refractivity (Wildman–Crippen MR) is 152 cm³/mol. The molecule has 0 spiro atoms. The molecule has 0 radical (unpaired) electrons. The number of imidazole rings is 1. The molecule has 3 aromatic heterocycles. The second kappa shape index (κ2) is 11.1. The summed E-state index contributed by atoms with van der Waals surface area (Å²) >= 11 is 0. The summed E-state index contributed by atoms with van der Waals surface area (Å²) in [7, 11) is -2.97. The predicted octanol–water partition coefficient (Wildman–Crippen LogP) is 2.67. The molecule has 12 heteroatoms. The quantitative estimate of drug-likeness (QED) is 0.335. The molecule has 0 aliphatic carbocycles. The summed E-state index contributed by atoms with van der Waals surface area (Å²) in [5.74, 6) is 1.53. The minimum absolute atomic E-state index is 0.154. The van der Waals surface area contributed by atoms with Gasteiger partial charge in [0.05, 0.1) is 36.9 Å². The van der Waals surface area contributed by atoms with Gasteiger partial charge in [0.2, 0.25) is 0 Å². The first-order valence-electron chi connectivity index (χ1n) is 13.4. The fourth-order valence-corrected chi connectivity index (χ4v) is 5.89. The van der Waals surface area contributed by atoms with E-state index in [9.17, 15) is 12.8 Å². The summed E-state index contributed by atoms with van der Waals surface area (Å²) in [5, 5.41) is 4.95. The van der Waals surface area contributed by atoms with Gasteiger partial charge in [0, 0.05) is 45.5 Å². The summed E-state index contributed by atoms with van der Waals surface area (Å²) in [5.41, 5.74) is 3.10. The van der Waals surface area contributed by atoms with Crippen LogP contribution < -0.4 is 9.80 Å². The van der Waals surface area contributed by atoms with Gasteiger partial charge in [-0.2, -0.15) is 0 Å². The Kier molecular flexibility index (Phi) is 7.39. The van der Waals surface area contributed by atoms with Crippen molar-refractivity contribution in [2.75, 3.05) is 74.3 Å². The Balaban J connectivity index is 1.24. The van der Waals surface area contributed by atoms with Crippen LogP contribution in [0.3, 0.4) is 0 Å². The van der Waals surface area contributed by atoms with Gasteiger partial charge in [-0.15, -0.1) is 5.10 Å². The van der Waals surface area contributed by atoms with E-state index in [4.69, 9.17) is 14.8 Å². The molecule has 10 nitrogen and oxygen atoms in total. The first-order valence-corrected chi connectivity index (χ1v) is 15.5. The number of fused-ring (bicyclic) bond motifs is 1. The molecule has 210 valence electrons. The molecule has 40 heavy (non-hydrogen) atoms. The lowest BCUT2D eigenvalue weighted by Gasteiger charge is -2.36. The standard InChI is InChI=1S/C28H32FN7O3S/c1-40(37,38)17-15-33-10-12-34(13-11-33)27-7-3-6-23(31-27)24-19-30-26-8-9-28(32-36(24)26)35-14-16-39-20-25(35)21-4-2-5-22(29)18-21/h2-9,18-19,25H,10-17,20H2,1H3. The summed E-state index contributed by atoms with van der Waals surface area (Å²) in [6, 6.07) is 16.3. The number of anilines is 2. The van der Waals surface area contributed by atoms with E-state index in [0.717, 1.165) is 54.8 Å². The maximum absolute atomic E-state index is 14.0. The maximum Gasteiger partial charge on any atom is 0.154 e. The van der Waals surface area contributed by atoms with E-state index in [2.05, 4.69) is 19.7 Å². The second-order valence-electron chi connectivity index (χ2n) is 10.3. The normalized spacial score (nSPS) is 18.9. The van der Waals surface area contributed by atoms with Crippen LogP contribution in [0.4, 0.5) is 16.0 Å². The Hall–Kier alpha value is -3.61. The van der Waals surface area contributed by atoms with E-state index >= 15 is 0 Å². The average molecular weight is 566 g/mol. The van der Waals surface area contributed by atoms with E-state index < -0.39 is 9.84 Å². The molecule has 2 aliphatic heterocycles. The number of pyridine rings is 1. The van der Waals surface area contributed by atoms with Crippen LogP contribution in [0.15, 0.2) is 60.8 Å². The SMILES string of the molecule is CS(=O)(=O)CCN1CCN(c2cccc(-c3cnc4ccc(N5CCOCC5c5cccc(F)c5)nn34)n2)CC1. The summed E-state index contributed by atoms with van der Waals surface area (Å²) in [6.07, 6.45) is 3.06. The number of ether oxygens (including phenoxy) is 1. The van der Waals surface area contributed by atoms with Crippen molar-refractivity contribution in [3.63, 3.8) is 0 Å². The van der Waals surface area contributed by atoms with Gasteiger partial charge in [-0.3, -0.25) is 4.90 Å². The first kappa shape index (κ1) is 26.6. The van der Waals surface area contributed by atoms with Gasteiger partial charge < -0.3 is 14.5 Å². The summed E-state index contributed by atoms with van der Waals surface area (Å²) in [6.45, 7) is 5.32. The van der Waals surface area contributed by atoms with Crippen molar-refractivity contribution < 1.29 is 17.5 Å². The number of aromatic nitrogens is 4. The van der Waals surface area contributed by atoms with Crippen LogP contribution in [0.5, 0.6) is 0 Å². The molecule has 0 bridgehead atoms. The number of piperazine rings is 1. The molecule has 0 saturated carbocycles. The summed E-state index contributed by atoms with van der Waals surface area (Å²) in [4.78, 5) is 16.1. The van der Waals surface area contributed by atoms with Gasteiger partial charge in [0.15, 0.2) is 5.65 Å². The van der Waals surface area contributed by atoms with Crippen LogP contribution >= 0.6 is 0 Å². The van der Waals surface area contributed by atoms with Crippen molar-refractivity contribution in [1.29, 1.82) is 0 Å². The lowest BCUT2D eigenvalue weighted by molar-refractivity contribution is 0.0935. The number of halogens is 1. The van der Waals surface area contributed by atoms with E-state index in [1.165, 1.54) is 12.3 Å². The molecule has 2 fully saturated rings. The number of benzene rings is 1. The molecule has 1 unspecified atom stereocenters. The van der Waals surface area contributed by atoms with Crippen LogP contribution in [-0.4, -0.2) is 97.4 Å². The molecule has 1 atom stereocenters. The lowest BCUT2D eigenvalue weighted by Crippen LogP contribution is -2.47. The van der Waals surface area contributed by atoms with Crippen molar-refractivity contribution in [2.24, 2.45) is 0 Å². The Labute approximate surface area is 232 Å². The van der Waals surface area contributed by atoms with E-state index in [-0.39, 0.29) is 17.6 Å². The van der Waals surface area contributed by atoms with E-state index in [0.29, 0.717) is 32.0 Å².